The van der Waals surface area contributed by atoms with Gasteiger partial charge in [0.15, 0.2) is 0 Å². The maximum Gasteiger partial charge on any atom is 0.254 e. The fourth-order valence-corrected chi connectivity index (χ4v) is 2.70. The van der Waals surface area contributed by atoms with Gasteiger partial charge in [-0.3, -0.25) is 4.79 Å². The van der Waals surface area contributed by atoms with E-state index in [1.54, 1.807) is 23.2 Å². The molecule has 0 unspecified atom stereocenters. The summed E-state index contributed by atoms with van der Waals surface area (Å²) in [6.45, 7) is 5.31. The van der Waals surface area contributed by atoms with E-state index < -0.39 is 0 Å². The summed E-state index contributed by atoms with van der Waals surface area (Å²) in [5.74, 6) is 2.19. The highest BCUT2D eigenvalue weighted by atomic mass is 16.5. The number of hydrogen-bond acceptors (Lipinski definition) is 4. The van der Waals surface area contributed by atoms with E-state index in [1.807, 2.05) is 68.4 Å². The Kier molecular flexibility index (Phi) is 6.05. The minimum absolute atomic E-state index is 0.0112. The molecule has 0 aliphatic heterocycles. The molecule has 0 aliphatic carbocycles. The van der Waals surface area contributed by atoms with Crippen LogP contribution in [0.3, 0.4) is 0 Å². The molecule has 3 aromatic rings. The maximum absolute atomic E-state index is 12.5. The highest BCUT2D eigenvalue weighted by Gasteiger charge is 2.13. The lowest BCUT2D eigenvalue weighted by Crippen LogP contribution is -2.30. The monoisotopic (exact) mass is 361 g/mol. The topological polar surface area (TPSA) is 54.5 Å². The number of hydrogen-bond donors (Lipinski definition) is 1. The highest BCUT2D eigenvalue weighted by Crippen LogP contribution is 2.24. The molecule has 2 aromatic carbocycles. The van der Waals surface area contributed by atoms with Gasteiger partial charge in [-0.2, -0.15) is 0 Å². The van der Waals surface area contributed by atoms with E-state index in [1.165, 1.54) is 0 Å². The van der Waals surface area contributed by atoms with E-state index in [2.05, 4.69) is 10.3 Å². The van der Waals surface area contributed by atoms with Crippen LogP contribution in [-0.4, -0.2) is 28.9 Å². The number of amides is 1. The molecule has 5 heteroatoms. The molecule has 3 rings (SSSR count). The molecule has 0 radical (unpaired) electrons. The standard InChI is InChI=1S/C22H23N3O2/c1-3-25(4-2)22(26)17-14-15-23-21(16-17)24-18-10-12-20(13-11-18)27-19-8-6-5-7-9-19/h5-16H,3-4H2,1-2H3,(H,23,24). The summed E-state index contributed by atoms with van der Waals surface area (Å²) in [5.41, 5.74) is 1.50. The third-order valence-electron chi connectivity index (χ3n) is 4.16. The van der Waals surface area contributed by atoms with Crippen molar-refractivity contribution in [1.82, 2.24) is 9.88 Å². The van der Waals surface area contributed by atoms with Crippen LogP contribution in [0.25, 0.3) is 0 Å². The van der Waals surface area contributed by atoms with Crippen LogP contribution in [-0.2, 0) is 0 Å². The first-order valence-corrected chi connectivity index (χ1v) is 9.05. The van der Waals surface area contributed by atoms with Gasteiger partial charge >= 0.3 is 0 Å². The van der Waals surface area contributed by atoms with E-state index in [4.69, 9.17) is 4.74 Å². The predicted molar refractivity (Wildman–Crippen MR) is 108 cm³/mol. The van der Waals surface area contributed by atoms with E-state index in [0.29, 0.717) is 24.5 Å². The first-order chi connectivity index (χ1) is 13.2. The fraction of sp³-hybridized carbons (Fsp3) is 0.182. The van der Waals surface area contributed by atoms with Gasteiger partial charge in [0.05, 0.1) is 0 Å². The van der Waals surface area contributed by atoms with E-state index in [0.717, 1.165) is 17.2 Å². The summed E-state index contributed by atoms with van der Waals surface area (Å²) in [4.78, 5) is 18.6. The van der Waals surface area contributed by atoms with Crippen LogP contribution in [0.15, 0.2) is 72.9 Å². The molecule has 0 fully saturated rings. The Bertz CT molecular complexity index is 876. The largest absolute Gasteiger partial charge is 0.457 e. The average molecular weight is 361 g/mol. The van der Waals surface area contributed by atoms with Crippen molar-refractivity contribution in [2.45, 2.75) is 13.8 Å². The SMILES string of the molecule is CCN(CC)C(=O)c1ccnc(Nc2ccc(Oc3ccccc3)cc2)c1. The molecule has 0 spiro atoms. The Labute approximate surface area is 159 Å². The summed E-state index contributed by atoms with van der Waals surface area (Å²) in [6.07, 6.45) is 1.64. The van der Waals surface area contributed by atoms with E-state index >= 15 is 0 Å². The number of benzene rings is 2. The normalized spacial score (nSPS) is 10.3. The van der Waals surface area contributed by atoms with Crippen molar-refractivity contribution in [1.29, 1.82) is 0 Å². The van der Waals surface area contributed by atoms with Gasteiger partial charge in [0.2, 0.25) is 0 Å². The van der Waals surface area contributed by atoms with Gasteiger partial charge in [0.1, 0.15) is 17.3 Å². The molecule has 1 aromatic heterocycles. The highest BCUT2D eigenvalue weighted by molar-refractivity contribution is 5.95. The minimum Gasteiger partial charge on any atom is -0.457 e. The molecule has 0 bridgehead atoms. The Hall–Kier alpha value is -3.34. The predicted octanol–water partition coefficient (Wildman–Crippen LogP) is 5.10. The van der Waals surface area contributed by atoms with Crippen LogP contribution >= 0.6 is 0 Å². The lowest BCUT2D eigenvalue weighted by molar-refractivity contribution is 0.0773. The molecule has 138 valence electrons. The number of nitrogens with zero attached hydrogens (tertiary/aromatic N) is 2. The van der Waals surface area contributed by atoms with Crippen LogP contribution in [0, 0.1) is 0 Å². The Morgan fingerprint density at radius 1 is 0.963 bits per heavy atom. The van der Waals surface area contributed by atoms with Gasteiger partial charge < -0.3 is 15.0 Å². The second-order valence-electron chi connectivity index (χ2n) is 5.97. The Morgan fingerprint density at radius 2 is 1.63 bits per heavy atom. The summed E-state index contributed by atoms with van der Waals surface area (Å²) >= 11 is 0. The van der Waals surface area contributed by atoms with Crippen molar-refractivity contribution >= 4 is 17.4 Å². The van der Waals surface area contributed by atoms with Gasteiger partial charge in [-0.1, -0.05) is 18.2 Å². The second kappa shape index (κ2) is 8.85. The number of carbonyl (C=O) groups is 1. The number of para-hydroxylation sites is 1. The third-order valence-corrected chi connectivity index (χ3v) is 4.16. The summed E-state index contributed by atoms with van der Waals surface area (Å²) < 4.78 is 5.79. The van der Waals surface area contributed by atoms with Crippen LogP contribution < -0.4 is 10.1 Å². The lowest BCUT2D eigenvalue weighted by atomic mass is 10.2. The first kappa shape index (κ1) is 18.5. The van der Waals surface area contributed by atoms with Crippen molar-refractivity contribution in [3.63, 3.8) is 0 Å². The number of pyridine rings is 1. The molecule has 0 saturated carbocycles. The average Bonchev–Trinajstić information content (AvgIpc) is 2.71. The van der Waals surface area contributed by atoms with Gasteiger partial charge in [0, 0.05) is 30.5 Å². The third kappa shape index (κ3) is 4.85. The van der Waals surface area contributed by atoms with Gasteiger partial charge in [0.25, 0.3) is 5.91 Å². The zero-order valence-electron chi connectivity index (χ0n) is 15.6. The summed E-state index contributed by atoms with van der Waals surface area (Å²) in [6, 6.07) is 20.8. The molecule has 1 amide bonds. The fourth-order valence-electron chi connectivity index (χ4n) is 2.70. The molecule has 0 saturated heterocycles. The Morgan fingerprint density at radius 3 is 2.30 bits per heavy atom. The van der Waals surface area contributed by atoms with Crippen LogP contribution in [0.2, 0.25) is 0 Å². The molecular weight excluding hydrogens is 338 g/mol. The van der Waals surface area contributed by atoms with Gasteiger partial charge in [-0.25, -0.2) is 4.98 Å². The number of aromatic nitrogens is 1. The number of anilines is 2. The molecule has 1 N–H and O–H groups in total. The smallest absolute Gasteiger partial charge is 0.254 e. The van der Waals surface area contributed by atoms with Crippen molar-refractivity contribution in [3.8, 4) is 11.5 Å². The van der Waals surface area contributed by atoms with Crippen molar-refractivity contribution in [2.24, 2.45) is 0 Å². The van der Waals surface area contributed by atoms with Crippen LogP contribution in [0.5, 0.6) is 11.5 Å². The maximum atomic E-state index is 12.5. The first-order valence-electron chi connectivity index (χ1n) is 9.05. The Balaban J connectivity index is 1.68. The zero-order chi connectivity index (χ0) is 19.1. The molecule has 5 nitrogen and oxygen atoms in total. The van der Waals surface area contributed by atoms with E-state index in [9.17, 15) is 4.79 Å². The summed E-state index contributed by atoms with van der Waals surface area (Å²) in [7, 11) is 0. The van der Waals surface area contributed by atoms with Gasteiger partial charge in [-0.15, -0.1) is 0 Å². The molecular formula is C22H23N3O2. The van der Waals surface area contributed by atoms with Crippen molar-refractivity contribution in [3.05, 3.63) is 78.5 Å². The zero-order valence-corrected chi connectivity index (χ0v) is 15.6. The number of carbonyl (C=O) groups excluding carboxylic acids is 1. The van der Waals surface area contributed by atoms with Crippen LogP contribution in [0.4, 0.5) is 11.5 Å². The number of ether oxygens (including phenoxy) is 1. The number of nitrogens with one attached hydrogen (secondary N) is 1. The lowest BCUT2D eigenvalue weighted by Gasteiger charge is -2.18. The molecule has 27 heavy (non-hydrogen) atoms. The molecule has 0 aliphatic rings. The van der Waals surface area contributed by atoms with Crippen molar-refractivity contribution < 1.29 is 9.53 Å². The quantitative estimate of drug-likeness (QED) is 0.636. The summed E-state index contributed by atoms with van der Waals surface area (Å²) in [5, 5.41) is 3.23. The van der Waals surface area contributed by atoms with E-state index in [-0.39, 0.29) is 5.91 Å². The number of rotatable bonds is 7. The second-order valence-corrected chi connectivity index (χ2v) is 5.97. The molecule has 0 atom stereocenters. The minimum atomic E-state index is 0.0112. The molecule has 1 heterocycles. The van der Waals surface area contributed by atoms with Crippen molar-refractivity contribution in [2.75, 3.05) is 18.4 Å². The van der Waals surface area contributed by atoms with Crippen LogP contribution in [0.1, 0.15) is 24.2 Å². The van der Waals surface area contributed by atoms with Gasteiger partial charge in [-0.05, 0) is 62.4 Å².